The Balaban J connectivity index is 1.36. The number of carbonyl (C=O) groups is 3. The maximum Gasteiger partial charge on any atom is 0.435 e. The number of aryl methyl sites for hydroxylation is 2. The van der Waals surface area contributed by atoms with Gasteiger partial charge in [0.2, 0.25) is 0 Å². The lowest BCUT2D eigenvalue weighted by Crippen LogP contribution is -2.44. The Labute approximate surface area is 259 Å². The maximum absolute atomic E-state index is 13.5. The Morgan fingerprint density at radius 3 is 2.18 bits per heavy atom. The predicted octanol–water partition coefficient (Wildman–Crippen LogP) is 5.34. The van der Waals surface area contributed by atoms with Crippen molar-refractivity contribution >= 4 is 35.2 Å². The number of hydrogen-bond donors (Lipinski definition) is 2. The predicted molar refractivity (Wildman–Crippen MR) is 171 cm³/mol. The summed E-state index contributed by atoms with van der Waals surface area (Å²) in [6.45, 7) is 12.1. The molecule has 0 bridgehead atoms. The van der Waals surface area contributed by atoms with E-state index in [0.29, 0.717) is 23.2 Å². The van der Waals surface area contributed by atoms with E-state index >= 15 is 0 Å². The molecule has 3 heterocycles. The first-order chi connectivity index (χ1) is 21.2. The fraction of sp³-hybridized carbons (Fsp3) is 0.455. The average Bonchev–Trinajstić information content (AvgIpc) is 3.62. The fourth-order valence-corrected chi connectivity index (χ4v) is 5.60. The van der Waals surface area contributed by atoms with Crippen molar-refractivity contribution in [3.05, 3.63) is 70.4 Å². The molecule has 0 radical (unpaired) electrons. The Kier molecular flexibility index (Phi) is 9.53. The first kappa shape index (κ1) is 31.1. The highest BCUT2D eigenvalue weighted by Crippen LogP contribution is 2.32. The van der Waals surface area contributed by atoms with Crippen LogP contribution in [-0.4, -0.2) is 76.9 Å². The molecule has 1 aromatic heterocycles. The number of ether oxygens (including phenoxy) is 1. The molecule has 3 aromatic rings. The number of para-hydroxylation sites is 1. The Hall–Kier alpha value is -4.38. The standard InChI is InChI=1S/C33H43N7O4/c1-6-22(4)44-33(43)40-28-21-39(32(42)34-29-23(7-2)10-9-11-24(29)8-3)20-27(28)30(36-40)35-31(41)25-12-14-26(15-13-25)38-18-16-37(5)17-19-38/h9-15,22H,6-8,16-21H2,1-5H3,(H,34,42)(H,35,36,41). The summed E-state index contributed by atoms with van der Waals surface area (Å²) >= 11 is 0. The molecule has 2 aliphatic heterocycles. The van der Waals surface area contributed by atoms with Crippen LogP contribution in [0.25, 0.3) is 0 Å². The van der Waals surface area contributed by atoms with Crippen LogP contribution in [0.5, 0.6) is 0 Å². The number of anilines is 3. The van der Waals surface area contributed by atoms with Gasteiger partial charge in [-0.05, 0) is 68.6 Å². The van der Waals surface area contributed by atoms with Crippen LogP contribution in [0.15, 0.2) is 42.5 Å². The minimum absolute atomic E-state index is 0.148. The van der Waals surface area contributed by atoms with E-state index in [1.807, 2.05) is 44.2 Å². The molecule has 0 aliphatic carbocycles. The topological polar surface area (TPSA) is 112 Å². The lowest BCUT2D eigenvalue weighted by atomic mass is 10.0. The van der Waals surface area contributed by atoms with Crippen molar-refractivity contribution in [3.63, 3.8) is 0 Å². The average molecular weight is 602 g/mol. The van der Waals surface area contributed by atoms with E-state index in [9.17, 15) is 14.4 Å². The molecule has 1 unspecified atom stereocenters. The van der Waals surface area contributed by atoms with Crippen molar-refractivity contribution in [2.24, 2.45) is 0 Å². The number of piperazine rings is 1. The zero-order valence-electron chi connectivity index (χ0n) is 26.4. The molecule has 11 nitrogen and oxygen atoms in total. The summed E-state index contributed by atoms with van der Waals surface area (Å²) in [6, 6.07) is 13.3. The van der Waals surface area contributed by atoms with Crippen LogP contribution in [-0.2, 0) is 30.7 Å². The van der Waals surface area contributed by atoms with Crippen molar-refractivity contribution in [2.75, 3.05) is 48.8 Å². The summed E-state index contributed by atoms with van der Waals surface area (Å²) < 4.78 is 6.74. The minimum atomic E-state index is -0.639. The van der Waals surface area contributed by atoms with Gasteiger partial charge in [0.15, 0.2) is 5.82 Å². The molecule has 0 spiro atoms. The third-order valence-corrected chi connectivity index (χ3v) is 8.58. The largest absolute Gasteiger partial charge is 0.445 e. The molecule has 5 rings (SSSR count). The number of likely N-dealkylation sites (N-methyl/N-ethyl adjacent to an activating group) is 1. The third kappa shape index (κ3) is 6.57. The van der Waals surface area contributed by atoms with Crippen LogP contribution < -0.4 is 15.5 Å². The zero-order chi connectivity index (χ0) is 31.4. The number of urea groups is 1. The van der Waals surface area contributed by atoms with Gasteiger partial charge in [-0.2, -0.15) is 4.68 Å². The number of fused-ring (bicyclic) bond motifs is 1. The highest BCUT2D eigenvalue weighted by molar-refractivity contribution is 6.04. The van der Waals surface area contributed by atoms with E-state index in [4.69, 9.17) is 4.74 Å². The van der Waals surface area contributed by atoms with Crippen LogP contribution in [0.2, 0.25) is 0 Å². The summed E-state index contributed by atoms with van der Waals surface area (Å²) in [5, 5.41) is 10.5. The van der Waals surface area contributed by atoms with E-state index in [-0.39, 0.29) is 36.9 Å². The highest BCUT2D eigenvalue weighted by atomic mass is 16.6. The van der Waals surface area contributed by atoms with Gasteiger partial charge in [0, 0.05) is 48.7 Å². The van der Waals surface area contributed by atoms with Gasteiger partial charge in [-0.1, -0.05) is 39.0 Å². The number of amides is 3. The summed E-state index contributed by atoms with van der Waals surface area (Å²) in [7, 11) is 2.12. The van der Waals surface area contributed by atoms with Gasteiger partial charge < -0.3 is 30.1 Å². The van der Waals surface area contributed by atoms with Gasteiger partial charge in [0.05, 0.1) is 18.8 Å². The number of carbonyl (C=O) groups excluding carboxylic acids is 3. The van der Waals surface area contributed by atoms with Crippen LogP contribution in [0, 0.1) is 0 Å². The van der Waals surface area contributed by atoms with E-state index in [0.717, 1.165) is 61.5 Å². The van der Waals surface area contributed by atoms with Gasteiger partial charge in [-0.3, -0.25) is 4.79 Å². The number of nitrogens with zero attached hydrogens (tertiary/aromatic N) is 5. The van der Waals surface area contributed by atoms with Crippen molar-refractivity contribution in [1.82, 2.24) is 19.6 Å². The summed E-state index contributed by atoms with van der Waals surface area (Å²) in [5.74, 6) is -0.0993. The molecule has 1 atom stereocenters. The summed E-state index contributed by atoms with van der Waals surface area (Å²) in [6.07, 6.45) is 1.27. The normalized spacial score (nSPS) is 15.6. The Bertz CT molecular complexity index is 1490. The first-order valence-corrected chi connectivity index (χ1v) is 15.6. The lowest BCUT2D eigenvalue weighted by molar-refractivity contribution is 0.101. The maximum atomic E-state index is 13.5. The van der Waals surface area contributed by atoms with Crippen LogP contribution >= 0.6 is 0 Å². The number of hydrogen-bond acceptors (Lipinski definition) is 7. The molecule has 2 aliphatic rings. The fourth-order valence-electron chi connectivity index (χ4n) is 5.60. The molecular weight excluding hydrogens is 558 g/mol. The minimum Gasteiger partial charge on any atom is -0.445 e. The zero-order valence-corrected chi connectivity index (χ0v) is 26.4. The number of nitrogens with one attached hydrogen (secondary N) is 2. The van der Waals surface area contributed by atoms with Gasteiger partial charge in [0.25, 0.3) is 5.91 Å². The van der Waals surface area contributed by atoms with Crippen LogP contribution in [0.3, 0.4) is 0 Å². The van der Waals surface area contributed by atoms with Crippen LogP contribution in [0.1, 0.15) is 66.9 Å². The molecular formula is C33H43N7O4. The second kappa shape index (κ2) is 13.5. The van der Waals surface area contributed by atoms with Crippen LogP contribution in [0.4, 0.5) is 26.8 Å². The monoisotopic (exact) mass is 601 g/mol. The third-order valence-electron chi connectivity index (χ3n) is 8.58. The molecule has 11 heteroatoms. The van der Waals surface area contributed by atoms with Gasteiger partial charge in [0.1, 0.15) is 6.10 Å². The first-order valence-electron chi connectivity index (χ1n) is 15.6. The van der Waals surface area contributed by atoms with E-state index in [1.54, 1.807) is 17.0 Å². The summed E-state index contributed by atoms with van der Waals surface area (Å²) in [4.78, 5) is 46.2. The highest BCUT2D eigenvalue weighted by Gasteiger charge is 2.34. The van der Waals surface area contributed by atoms with Crippen molar-refractivity contribution < 1.29 is 19.1 Å². The van der Waals surface area contributed by atoms with Gasteiger partial charge in [-0.15, -0.1) is 5.10 Å². The number of aromatic nitrogens is 2. The van der Waals surface area contributed by atoms with Gasteiger partial charge >= 0.3 is 12.1 Å². The molecule has 0 saturated carbocycles. The lowest BCUT2D eigenvalue weighted by Gasteiger charge is -2.34. The molecule has 2 aromatic carbocycles. The molecule has 234 valence electrons. The smallest absolute Gasteiger partial charge is 0.435 e. The molecule has 1 saturated heterocycles. The molecule has 3 amide bonds. The number of rotatable bonds is 8. The van der Waals surface area contributed by atoms with E-state index in [1.165, 1.54) is 4.68 Å². The van der Waals surface area contributed by atoms with Crippen molar-refractivity contribution in [2.45, 2.75) is 66.2 Å². The Morgan fingerprint density at radius 2 is 1.57 bits per heavy atom. The second-order valence-corrected chi connectivity index (χ2v) is 11.5. The Morgan fingerprint density at radius 1 is 0.909 bits per heavy atom. The van der Waals surface area contributed by atoms with Crippen molar-refractivity contribution in [3.8, 4) is 0 Å². The van der Waals surface area contributed by atoms with E-state index in [2.05, 4.69) is 46.4 Å². The van der Waals surface area contributed by atoms with E-state index < -0.39 is 6.09 Å². The number of benzene rings is 2. The second-order valence-electron chi connectivity index (χ2n) is 11.5. The van der Waals surface area contributed by atoms with Gasteiger partial charge in [-0.25, -0.2) is 9.59 Å². The quantitative estimate of drug-likeness (QED) is 0.358. The molecule has 44 heavy (non-hydrogen) atoms. The SMILES string of the molecule is CCc1cccc(CC)c1NC(=O)N1Cc2c(NC(=O)c3ccc(N4CCN(C)CC4)cc3)nn(C(=O)OC(C)CC)c2C1. The molecule has 2 N–H and O–H groups in total. The molecule has 1 fully saturated rings. The summed E-state index contributed by atoms with van der Waals surface area (Å²) in [5.41, 5.74) is 5.63. The van der Waals surface area contributed by atoms with Crippen molar-refractivity contribution in [1.29, 1.82) is 0 Å².